The zero-order valence-electron chi connectivity index (χ0n) is 13.6. The molecule has 0 saturated carbocycles. The summed E-state index contributed by atoms with van der Waals surface area (Å²) in [7, 11) is 0. The van der Waals surface area contributed by atoms with Gasteiger partial charge in [0, 0.05) is 13.8 Å². The van der Waals surface area contributed by atoms with Gasteiger partial charge in [0.25, 0.3) is 0 Å². The van der Waals surface area contributed by atoms with Gasteiger partial charge in [-0.05, 0) is 6.26 Å². The molecule has 2 rings (SSSR count). The highest BCUT2D eigenvalue weighted by atomic mass is 32.2. The fraction of sp³-hybridized carbons (Fsp3) is 0.500. The molecule has 0 N–H and O–H groups in total. The molecule has 0 amide bonds. The Morgan fingerprint density at radius 1 is 1.17 bits per heavy atom. The molecule has 130 valence electrons. The van der Waals surface area contributed by atoms with Crippen molar-refractivity contribution < 1.29 is 23.8 Å². The third kappa shape index (κ3) is 4.90. The van der Waals surface area contributed by atoms with Gasteiger partial charge in [0.2, 0.25) is 0 Å². The van der Waals surface area contributed by atoms with Gasteiger partial charge in [-0.25, -0.2) is 15.0 Å². The number of hydrogen-bond donors (Lipinski definition) is 0. The summed E-state index contributed by atoms with van der Waals surface area (Å²) in [5.74, 6) is -0.867. The molecule has 24 heavy (non-hydrogen) atoms. The van der Waals surface area contributed by atoms with Crippen molar-refractivity contribution in [3.05, 3.63) is 12.7 Å². The molecule has 0 saturated heterocycles. The highest BCUT2D eigenvalue weighted by Gasteiger charge is 2.15. The Balaban J connectivity index is 2.04. The van der Waals surface area contributed by atoms with Crippen molar-refractivity contribution in [2.24, 2.45) is 0 Å². The molecule has 0 unspecified atom stereocenters. The van der Waals surface area contributed by atoms with E-state index in [-0.39, 0.29) is 19.9 Å². The van der Waals surface area contributed by atoms with Crippen molar-refractivity contribution in [1.29, 1.82) is 0 Å². The zero-order valence-corrected chi connectivity index (χ0v) is 14.4. The molecule has 0 atom stereocenters. The minimum Gasteiger partial charge on any atom is -0.463 e. The molecular formula is C14H18N4O5S. The molecule has 0 aliphatic rings. The average Bonchev–Trinajstić information content (AvgIpc) is 2.97. The molecule has 0 fully saturated rings. The van der Waals surface area contributed by atoms with Crippen LogP contribution in [0.1, 0.15) is 13.8 Å². The first kappa shape index (κ1) is 18.1. The van der Waals surface area contributed by atoms with E-state index >= 15 is 0 Å². The normalized spacial score (nSPS) is 11.0. The standard InChI is InChI=1S/C14H18N4O5S/c1-9(19)21-4-11(5-22-10(2)20)23-8-18-7-17-12-13(18)15-6-16-14(12)24-3/h6-7,11H,4-5,8H2,1-3H3. The van der Waals surface area contributed by atoms with Crippen LogP contribution in [0.25, 0.3) is 11.2 Å². The Kier molecular flexibility index (Phi) is 6.50. The number of carbonyl (C=O) groups excluding carboxylic acids is 2. The van der Waals surface area contributed by atoms with E-state index in [0.717, 1.165) is 5.03 Å². The van der Waals surface area contributed by atoms with Gasteiger partial charge >= 0.3 is 11.9 Å². The van der Waals surface area contributed by atoms with Crippen molar-refractivity contribution in [2.45, 2.75) is 31.7 Å². The molecule has 0 radical (unpaired) electrons. The quantitative estimate of drug-likeness (QED) is 0.390. The molecule has 2 aromatic rings. The van der Waals surface area contributed by atoms with E-state index in [1.165, 1.54) is 31.9 Å². The smallest absolute Gasteiger partial charge is 0.302 e. The molecule has 10 heteroatoms. The van der Waals surface area contributed by atoms with Gasteiger partial charge in [0.1, 0.15) is 42.9 Å². The number of ether oxygens (including phenoxy) is 3. The number of nitrogens with zero attached hydrogens (tertiary/aromatic N) is 4. The lowest BCUT2D eigenvalue weighted by Crippen LogP contribution is -2.28. The summed E-state index contributed by atoms with van der Waals surface area (Å²) >= 11 is 1.48. The van der Waals surface area contributed by atoms with Crippen LogP contribution in [-0.2, 0) is 30.5 Å². The largest absolute Gasteiger partial charge is 0.463 e. The lowest BCUT2D eigenvalue weighted by molar-refractivity contribution is -0.154. The van der Waals surface area contributed by atoms with Crippen LogP contribution in [0.5, 0.6) is 0 Å². The van der Waals surface area contributed by atoms with Crippen LogP contribution in [0.2, 0.25) is 0 Å². The highest BCUT2D eigenvalue weighted by Crippen LogP contribution is 2.20. The summed E-state index contributed by atoms with van der Waals surface area (Å²) in [5.41, 5.74) is 1.32. The van der Waals surface area contributed by atoms with Gasteiger partial charge in [-0.15, -0.1) is 11.8 Å². The number of fused-ring (bicyclic) bond motifs is 1. The van der Waals surface area contributed by atoms with E-state index in [9.17, 15) is 9.59 Å². The molecule has 0 bridgehead atoms. The number of aromatic nitrogens is 4. The highest BCUT2D eigenvalue weighted by molar-refractivity contribution is 7.98. The molecule has 0 spiro atoms. The van der Waals surface area contributed by atoms with Crippen LogP contribution in [0.15, 0.2) is 17.7 Å². The third-order valence-electron chi connectivity index (χ3n) is 2.96. The lowest BCUT2D eigenvalue weighted by atomic mass is 10.4. The average molecular weight is 354 g/mol. The third-order valence-corrected chi connectivity index (χ3v) is 3.64. The van der Waals surface area contributed by atoms with E-state index < -0.39 is 18.0 Å². The number of imidazole rings is 1. The summed E-state index contributed by atoms with van der Waals surface area (Å²) < 4.78 is 17.2. The van der Waals surface area contributed by atoms with Gasteiger partial charge in [0.05, 0.1) is 6.33 Å². The van der Waals surface area contributed by atoms with E-state index in [1.807, 2.05) is 6.26 Å². The second-order valence-corrected chi connectivity index (χ2v) is 5.59. The van der Waals surface area contributed by atoms with E-state index in [1.54, 1.807) is 10.9 Å². The maximum absolute atomic E-state index is 10.9. The van der Waals surface area contributed by atoms with Gasteiger partial charge in [-0.2, -0.15) is 0 Å². The molecule has 0 aliphatic carbocycles. The first-order valence-electron chi connectivity index (χ1n) is 7.09. The van der Waals surface area contributed by atoms with Crippen LogP contribution < -0.4 is 0 Å². The predicted molar refractivity (Wildman–Crippen MR) is 85.2 cm³/mol. The Morgan fingerprint density at radius 2 is 1.83 bits per heavy atom. The molecule has 2 aromatic heterocycles. The summed E-state index contributed by atoms with van der Waals surface area (Å²) in [6.07, 6.45) is 4.37. The Morgan fingerprint density at radius 3 is 2.42 bits per heavy atom. The van der Waals surface area contributed by atoms with E-state index in [4.69, 9.17) is 14.2 Å². The molecule has 2 heterocycles. The van der Waals surface area contributed by atoms with Gasteiger partial charge in [-0.1, -0.05) is 0 Å². The number of rotatable bonds is 8. The Hall–Kier alpha value is -2.20. The number of esters is 2. The summed E-state index contributed by atoms with van der Waals surface area (Å²) in [6.45, 7) is 2.69. The fourth-order valence-electron chi connectivity index (χ4n) is 1.85. The number of carbonyl (C=O) groups is 2. The second-order valence-electron chi connectivity index (χ2n) is 4.79. The first-order chi connectivity index (χ1) is 11.5. The molecule has 0 aliphatic heterocycles. The lowest BCUT2D eigenvalue weighted by Gasteiger charge is -2.17. The van der Waals surface area contributed by atoms with Crippen LogP contribution in [0, 0.1) is 0 Å². The van der Waals surface area contributed by atoms with Gasteiger partial charge < -0.3 is 14.2 Å². The fourth-order valence-corrected chi connectivity index (χ4v) is 2.34. The minimum absolute atomic E-state index is 0.0136. The molecule has 0 aromatic carbocycles. The zero-order chi connectivity index (χ0) is 17.5. The Labute approximate surface area is 142 Å². The SMILES string of the molecule is CSc1ncnc2c1ncn2COC(COC(C)=O)COC(C)=O. The van der Waals surface area contributed by atoms with Crippen LogP contribution in [0.4, 0.5) is 0 Å². The molecular weight excluding hydrogens is 336 g/mol. The second kappa shape index (κ2) is 8.60. The van der Waals surface area contributed by atoms with Crippen LogP contribution >= 0.6 is 11.8 Å². The summed E-state index contributed by atoms with van der Waals surface area (Å²) in [4.78, 5) is 34.5. The van der Waals surface area contributed by atoms with Crippen molar-refractivity contribution in [1.82, 2.24) is 19.5 Å². The summed E-state index contributed by atoms with van der Waals surface area (Å²) in [6, 6.07) is 0. The van der Waals surface area contributed by atoms with Crippen molar-refractivity contribution in [2.75, 3.05) is 19.5 Å². The van der Waals surface area contributed by atoms with Gasteiger partial charge in [-0.3, -0.25) is 14.2 Å². The number of hydrogen-bond acceptors (Lipinski definition) is 9. The predicted octanol–water partition coefficient (Wildman–Crippen LogP) is 1.02. The van der Waals surface area contributed by atoms with Gasteiger partial charge in [0.15, 0.2) is 5.65 Å². The van der Waals surface area contributed by atoms with Crippen molar-refractivity contribution in [3.8, 4) is 0 Å². The van der Waals surface area contributed by atoms with Crippen LogP contribution in [0.3, 0.4) is 0 Å². The van der Waals surface area contributed by atoms with Crippen LogP contribution in [-0.4, -0.2) is 57.0 Å². The number of thioether (sulfide) groups is 1. The first-order valence-corrected chi connectivity index (χ1v) is 8.32. The molecule has 9 nitrogen and oxygen atoms in total. The van der Waals surface area contributed by atoms with Crippen molar-refractivity contribution in [3.63, 3.8) is 0 Å². The monoisotopic (exact) mass is 354 g/mol. The maximum Gasteiger partial charge on any atom is 0.302 e. The minimum atomic E-state index is -0.586. The van der Waals surface area contributed by atoms with E-state index in [2.05, 4.69) is 15.0 Å². The van der Waals surface area contributed by atoms with E-state index in [0.29, 0.717) is 11.2 Å². The maximum atomic E-state index is 10.9. The topological polar surface area (TPSA) is 105 Å². The Bertz CT molecular complexity index is 702. The summed E-state index contributed by atoms with van der Waals surface area (Å²) in [5, 5.41) is 0.773. The van der Waals surface area contributed by atoms with Crippen molar-refractivity contribution >= 4 is 34.9 Å².